The Hall–Kier alpha value is 0.500. The molecule has 0 aromatic carbocycles. The fourth-order valence-corrected chi connectivity index (χ4v) is 0.632. The number of hydrogen-bond donors (Lipinski definition) is 1. The maximum atomic E-state index is 5.78. The topological polar surface area (TPSA) is 29.3 Å². The van der Waals surface area contributed by atoms with E-state index < -0.39 is 0 Å². The van der Waals surface area contributed by atoms with Crippen LogP contribution in [-0.4, -0.2) is 31.6 Å². The second-order valence-corrected chi connectivity index (χ2v) is 3.17. The van der Waals surface area contributed by atoms with E-state index in [-0.39, 0.29) is 24.8 Å². The lowest BCUT2D eigenvalue weighted by Gasteiger charge is -2.19. The maximum Gasteiger partial charge on any atom is 0.0190 e. The van der Waals surface area contributed by atoms with Gasteiger partial charge in [0.05, 0.1) is 0 Å². The van der Waals surface area contributed by atoms with E-state index >= 15 is 0 Å². The van der Waals surface area contributed by atoms with Gasteiger partial charge in [0, 0.05) is 12.6 Å². The van der Waals surface area contributed by atoms with Crippen LogP contribution in [0.2, 0.25) is 0 Å². The summed E-state index contributed by atoms with van der Waals surface area (Å²) in [6, 6.07) is 0.319. The first-order chi connectivity index (χ1) is 4.04. The van der Waals surface area contributed by atoms with E-state index in [0.29, 0.717) is 12.0 Å². The summed E-state index contributed by atoms with van der Waals surface area (Å²) in [6.45, 7) is 5.28. The van der Waals surface area contributed by atoms with Gasteiger partial charge in [-0.05, 0) is 20.0 Å². The first kappa shape index (κ1) is 17.5. The van der Waals surface area contributed by atoms with Gasteiger partial charge in [-0.15, -0.1) is 24.8 Å². The maximum absolute atomic E-state index is 5.78. The van der Waals surface area contributed by atoms with Gasteiger partial charge in [0.25, 0.3) is 0 Å². The lowest BCUT2D eigenvalue weighted by atomic mass is 10.1. The molecule has 4 heteroatoms. The zero-order valence-electron chi connectivity index (χ0n) is 7.70. The molecule has 0 heterocycles. The minimum atomic E-state index is 0. The molecule has 0 fully saturated rings. The standard InChI is InChI=1S/C7H18N2.2ClH/c1-6(2)7(8)5-9(3)4;;/h6-7H,5,8H2,1-4H3;2*1H. The predicted molar refractivity (Wildman–Crippen MR) is 55.9 cm³/mol. The van der Waals surface area contributed by atoms with Crippen LogP contribution < -0.4 is 5.73 Å². The molecule has 0 aromatic rings. The molecule has 0 rings (SSSR count). The van der Waals surface area contributed by atoms with E-state index in [1.165, 1.54) is 0 Å². The van der Waals surface area contributed by atoms with Crippen molar-refractivity contribution in [1.82, 2.24) is 4.90 Å². The van der Waals surface area contributed by atoms with Gasteiger partial charge in [-0.1, -0.05) is 13.8 Å². The van der Waals surface area contributed by atoms with Gasteiger partial charge in [-0.3, -0.25) is 0 Å². The molecule has 0 aliphatic rings. The van der Waals surface area contributed by atoms with Crippen molar-refractivity contribution in [1.29, 1.82) is 0 Å². The Balaban J connectivity index is -0.000000320. The van der Waals surface area contributed by atoms with Crippen LogP contribution in [0.25, 0.3) is 0 Å². The molecule has 0 bridgehead atoms. The van der Waals surface area contributed by atoms with Crippen LogP contribution in [-0.2, 0) is 0 Å². The summed E-state index contributed by atoms with van der Waals surface area (Å²) in [6.07, 6.45) is 0. The number of hydrogen-bond acceptors (Lipinski definition) is 2. The molecule has 11 heavy (non-hydrogen) atoms. The summed E-state index contributed by atoms with van der Waals surface area (Å²) in [4.78, 5) is 2.12. The van der Waals surface area contributed by atoms with Crippen LogP contribution in [0.1, 0.15) is 13.8 Å². The van der Waals surface area contributed by atoms with Crippen molar-refractivity contribution in [2.45, 2.75) is 19.9 Å². The minimum absolute atomic E-state index is 0. The van der Waals surface area contributed by atoms with Gasteiger partial charge < -0.3 is 10.6 Å². The van der Waals surface area contributed by atoms with Crippen LogP contribution in [0.15, 0.2) is 0 Å². The summed E-state index contributed by atoms with van der Waals surface area (Å²) in [7, 11) is 4.09. The summed E-state index contributed by atoms with van der Waals surface area (Å²) in [5, 5.41) is 0. The average Bonchev–Trinajstić information content (AvgIpc) is 1.63. The van der Waals surface area contributed by atoms with Crippen LogP contribution in [0.3, 0.4) is 0 Å². The predicted octanol–water partition coefficient (Wildman–Crippen LogP) is 1.37. The van der Waals surface area contributed by atoms with Gasteiger partial charge in [0.15, 0.2) is 0 Å². The first-order valence-corrected chi connectivity index (χ1v) is 3.44. The van der Waals surface area contributed by atoms with E-state index in [1.54, 1.807) is 0 Å². The Morgan fingerprint density at radius 2 is 1.55 bits per heavy atom. The zero-order valence-corrected chi connectivity index (χ0v) is 9.34. The van der Waals surface area contributed by atoms with Crippen LogP contribution in [0.5, 0.6) is 0 Å². The SMILES string of the molecule is CC(C)C(N)CN(C)C.Cl.Cl. The quantitative estimate of drug-likeness (QED) is 0.750. The second kappa shape index (κ2) is 8.60. The molecule has 0 saturated heterocycles. The zero-order chi connectivity index (χ0) is 7.44. The highest BCUT2D eigenvalue weighted by molar-refractivity contribution is 5.85. The van der Waals surface area contributed by atoms with E-state index in [2.05, 4.69) is 18.7 Å². The summed E-state index contributed by atoms with van der Waals surface area (Å²) in [5.74, 6) is 0.590. The Kier molecular flexibility index (Phi) is 13.7. The van der Waals surface area contributed by atoms with E-state index in [4.69, 9.17) is 5.73 Å². The molecular weight excluding hydrogens is 183 g/mol. The molecular formula is C7H20Cl2N2. The fourth-order valence-electron chi connectivity index (χ4n) is 0.632. The summed E-state index contributed by atoms with van der Waals surface area (Å²) < 4.78 is 0. The molecule has 0 aliphatic heterocycles. The van der Waals surface area contributed by atoms with Gasteiger partial charge in [-0.2, -0.15) is 0 Å². The number of halogens is 2. The fraction of sp³-hybridized carbons (Fsp3) is 1.00. The van der Waals surface area contributed by atoms with Gasteiger partial charge in [0.1, 0.15) is 0 Å². The molecule has 2 nitrogen and oxygen atoms in total. The number of nitrogens with two attached hydrogens (primary N) is 1. The molecule has 1 unspecified atom stereocenters. The molecule has 1 atom stereocenters. The van der Waals surface area contributed by atoms with Crippen molar-refractivity contribution in [3.63, 3.8) is 0 Å². The van der Waals surface area contributed by atoms with Crippen molar-refractivity contribution in [2.75, 3.05) is 20.6 Å². The smallest absolute Gasteiger partial charge is 0.0190 e. The van der Waals surface area contributed by atoms with Gasteiger partial charge >= 0.3 is 0 Å². The van der Waals surface area contributed by atoms with Crippen LogP contribution in [0, 0.1) is 5.92 Å². The minimum Gasteiger partial charge on any atom is -0.326 e. The van der Waals surface area contributed by atoms with Crippen molar-refractivity contribution < 1.29 is 0 Å². The van der Waals surface area contributed by atoms with Crippen LogP contribution in [0.4, 0.5) is 0 Å². The molecule has 0 aromatic heterocycles. The van der Waals surface area contributed by atoms with Crippen molar-refractivity contribution in [2.24, 2.45) is 11.7 Å². The van der Waals surface area contributed by atoms with E-state index in [9.17, 15) is 0 Å². The largest absolute Gasteiger partial charge is 0.326 e. The number of likely N-dealkylation sites (N-methyl/N-ethyl adjacent to an activating group) is 1. The highest BCUT2D eigenvalue weighted by atomic mass is 35.5. The summed E-state index contributed by atoms with van der Waals surface area (Å²) >= 11 is 0. The monoisotopic (exact) mass is 202 g/mol. The third-order valence-electron chi connectivity index (χ3n) is 1.43. The number of nitrogens with zero attached hydrogens (tertiary/aromatic N) is 1. The Labute approximate surface area is 82.3 Å². The van der Waals surface area contributed by atoms with E-state index in [0.717, 1.165) is 6.54 Å². The first-order valence-electron chi connectivity index (χ1n) is 3.44. The lowest BCUT2D eigenvalue weighted by molar-refractivity contribution is 0.330. The third-order valence-corrected chi connectivity index (χ3v) is 1.43. The number of rotatable bonds is 3. The van der Waals surface area contributed by atoms with Crippen molar-refractivity contribution >= 4 is 24.8 Å². The molecule has 0 spiro atoms. The molecule has 0 saturated carbocycles. The van der Waals surface area contributed by atoms with Crippen molar-refractivity contribution in [3.05, 3.63) is 0 Å². The molecule has 0 aliphatic carbocycles. The highest BCUT2D eigenvalue weighted by Crippen LogP contribution is 1.97. The second-order valence-electron chi connectivity index (χ2n) is 3.17. The summed E-state index contributed by atoms with van der Waals surface area (Å²) in [5.41, 5.74) is 5.78. The molecule has 2 N–H and O–H groups in total. The Morgan fingerprint density at radius 3 is 1.64 bits per heavy atom. The molecule has 0 amide bonds. The van der Waals surface area contributed by atoms with Gasteiger partial charge in [-0.25, -0.2) is 0 Å². The Bertz CT molecular complexity index is 76.8. The van der Waals surface area contributed by atoms with E-state index in [1.807, 2.05) is 14.1 Å². The molecule has 0 radical (unpaired) electrons. The third kappa shape index (κ3) is 10.5. The highest BCUT2D eigenvalue weighted by Gasteiger charge is 2.06. The van der Waals surface area contributed by atoms with Gasteiger partial charge in [0.2, 0.25) is 0 Å². The van der Waals surface area contributed by atoms with Crippen molar-refractivity contribution in [3.8, 4) is 0 Å². The van der Waals surface area contributed by atoms with Crippen LogP contribution >= 0.6 is 24.8 Å². The molecule has 72 valence electrons. The average molecular weight is 203 g/mol. The Morgan fingerprint density at radius 1 is 1.18 bits per heavy atom. The lowest BCUT2D eigenvalue weighted by Crippen LogP contribution is -2.37. The normalized spacial score (nSPS) is 12.3.